The number of primary amides is 1. The van der Waals surface area contributed by atoms with Crippen molar-refractivity contribution in [3.8, 4) is 11.3 Å². The number of nitrogens with two attached hydrogens (primary N) is 1. The summed E-state index contributed by atoms with van der Waals surface area (Å²) in [7, 11) is 0. The summed E-state index contributed by atoms with van der Waals surface area (Å²) in [6.45, 7) is 5.07. The summed E-state index contributed by atoms with van der Waals surface area (Å²) in [5.41, 5.74) is 9.45. The molecule has 1 aromatic carbocycles. The van der Waals surface area contributed by atoms with Gasteiger partial charge in [-0.3, -0.25) is 14.7 Å². The van der Waals surface area contributed by atoms with Crippen LogP contribution in [0.25, 0.3) is 11.3 Å². The highest BCUT2D eigenvalue weighted by molar-refractivity contribution is 6.25. The fraction of sp³-hybridized carbons (Fsp3) is 0.538. The molecule has 1 aliphatic carbocycles. The van der Waals surface area contributed by atoms with E-state index in [9.17, 15) is 14.4 Å². The number of carbonyl (C=O) groups excluding carboxylic acids is 3. The lowest BCUT2D eigenvalue weighted by molar-refractivity contribution is -0.137. The van der Waals surface area contributed by atoms with E-state index in [0.717, 1.165) is 44.5 Å². The van der Waals surface area contributed by atoms with Crippen LogP contribution in [0.3, 0.4) is 0 Å². The van der Waals surface area contributed by atoms with E-state index in [4.69, 9.17) is 10.5 Å². The second-order valence-electron chi connectivity index (χ2n) is 10.2. The van der Waals surface area contributed by atoms with Gasteiger partial charge in [0.2, 0.25) is 5.91 Å². The minimum atomic E-state index is -0.639. The molecule has 2 aromatic rings. The molecule has 6 rings (SSSR count). The van der Waals surface area contributed by atoms with Crippen molar-refractivity contribution in [3.05, 3.63) is 35.0 Å². The van der Waals surface area contributed by atoms with Crippen LogP contribution in [0.2, 0.25) is 0 Å². The summed E-state index contributed by atoms with van der Waals surface area (Å²) in [5, 5.41) is 14.2. The van der Waals surface area contributed by atoms with Gasteiger partial charge in [0.15, 0.2) is 5.78 Å². The average Bonchev–Trinajstić information content (AvgIpc) is 3.49. The van der Waals surface area contributed by atoms with Crippen molar-refractivity contribution < 1.29 is 19.1 Å². The molecule has 11 nitrogen and oxygen atoms in total. The maximum Gasteiger partial charge on any atom is 0.334 e. The van der Waals surface area contributed by atoms with Crippen molar-refractivity contribution in [3.63, 3.8) is 0 Å². The minimum Gasteiger partial charge on any atom is -0.379 e. The Morgan fingerprint density at radius 2 is 1.86 bits per heavy atom. The highest BCUT2D eigenvalue weighted by atomic mass is 16.5. The zero-order valence-electron chi connectivity index (χ0n) is 20.9. The lowest BCUT2D eigenvalue weighted by Crippen LogP contribution is -2.54. The third kappa shape index (κ3) is 4.20. The van der Waals surface area contributed by atoms with Crippen LogP contribution >= 0.6 is 0 Å². The van der Waals surface area contributed by atoms with E-state index >= 15 is 0 Å². The van der Waals surface area contributed by atoms with E-state index < -0.39 is 6.03 Å². The van der Waals surface area contributed by atoms with Crippen molar-refractivity contribution in [1.82, 2.24) is 25.4 Å². The number of nitrogens with zero attached hydrogens (tertiary/aromatic N) is 4. The van der Waals surface area contributed by atoms with E-state index in [-0.39, 0.29) is 23.5 Å². The van der Waals surface area contributed by atoms with Gasteiger partial charge >= 0.3 is 6.03 Å². The van der Waals surface area contributed by atoms with E-state index in [1.165, 1.54) is 5.01 Å². The van der Waals surface area contributed by atoms with Crippen LogP contribution in [0.1, 0.15) is 53.2 Å². The van der Waals surface area contributed by atoms with Gasteiger partial charge in [0.05, 0.1) is 41.6 Å². The molecule has 4 N–H and O–H groups in total. The van der Waals surface area contributed by atoms with Gasteiger partial charge < -0.3 is 20.7 Å². The van der Waals surface area contributed by atoms with Gasteiger partial charge in [-0.1, -0.05) is 12.1 Å². The summed E-state index contributed by atoms with van der Waals surface area (Å²) >= 11 is 0. The van der Waals surface area contributed by atoms with Gasteiger partial charge in [-0.2, -0.15) is 5.10 Å². The summed E-state index contributed by atoms with van der Waals surface area (Å²) in [4.78, 5) is 41.4. The molecule has 196 valence electrons. The van der Waals surface area contributed by atoms with Crippen LogP contribution in [0, 0.1) is 5.92 Å². The van der Waals surface area contributed by atoms with Crippen LogP contribution in [0.5, 0.6) is 0 Å². The topological polar surface area (TPSA) is 137 Å². The van der Waals surface area contributed by atoms with Crippen LogP contribution in [-0.4, -0.2) is 90.3 Å². The Morgan fingerprint density at radius 1 is 1.08 bits per heavy atom. The number of H-pyrrole nitrogens is 1. The van der Waals surface area contributed by atoms with Crippen LogP contribution in [0.4, 0.5) is 10.5 Å². The van der Waals surface area contributed by atoms with Gasteiger partial charge in [-0.05, 0) is 38.3 Å². The lowest BCUT2D eigenvalue weighted by atomic mass is 9.89. The Kier molecular flexibility index (Phi) is 6.43. The fourth-order valence-corrected chi connectivity index (χ4v) is 6.23. The highest BCUT2D eigenvalue weighted by Gasteiger charge is 2.40. The van der Waals surface area contributed by atoms with Gasteiger partial charge in [-0.25, -0.2) is 14.8 Å². The van der Waals surface area contributed by atoms with Crippen molar-refractivity contribution in [2.24, 2.45) is 11.7 Å². The number of aromatic nitrogens is 2. The molecule has 3 amide bonds. The molecule has 0 radical (unpaired) electrons. The zero-order chi connectivity index (χ0) is 25.5. The normalized spacial score (nSPS) is 22.5. The molecule has 1 unspecified atom stereocenters. The number of fused-ring (bicyclic) bond motifs is 3. The number of carbonyl (C=O) groups is 3. The summed E-state index contributed by atoms with van der Waals surface area (Å²) < 4.78 is 5.43. The molecule has 4 heterocycles. The number of hydrogen-bond acceptors (Lipinski definition) is 7. The molecular weight excluding hydrogens is 474 g/mol. The largest absolute Gasteiger partial charge is 0.379 e. The smallest absolute Gasteiger partial charge is 0.334 e. The summed E-state index contributed by atoms with van der Waals surface area (Å²) in [5.74, 6) is 0.271. The number of piperidine rings is 2. The number of aromatic amines is 1. The first kappa shape index (κ1) is 24.1. The van der Waals surface area contributed by atoms with Crippen molar-refractivity contribution in [1.29, 1.82) is 0 Å². The van der Waals surface area contributed by atoms with Crippen LogP contribution in [-0.2, 0) is 9.53 Å². The molecule has 3 aliphatic heterocycles. The van der Waals surface area contributed by atoms with Crippen molar-refractivity contribution >= 4 is 23.4 Å². The average molecular weight is 508 g/mol. The zero-order valence-corrected chi connectivity index (χ0v) is 20.9. The predicted molar refractivity (Wildman–Crippen MR) is 136 cm³/mol. The Morgan fingerprint density at radius 3 is 2.57 bits per heavy atom. The molecule has 3 saturated heterocycles. The van der Waals surface area contributed by atoms with Crippen LogP contribution in [0.15, 0.2) is 18.2 Å². The SMILES string of the molecule is NC(=O)N(c1cccc2c1C(=O)c1c-2n[nH]c1C1CCN(C(=O)C2CCCNC2)CC1)N1CCOCC1. The number of hydrogen-bond donors (Lipinski definition) is 3. The van der Waals surface area contributed by atoms with Crippen LogP contribution < -0.4 is 16.1 Å². The van der Waals surface area contributed by atoms with Gasteiger partial charge in [0.25, 0.3) is 0 Å². The Balaban J connectivity index is 1.23. The van der Waals surface area contributed by atoms with Gasteiger partial charge in [0, 0.05) is 44.2 Å². The minimum absolute atomic E-state index is 0.0656. The highest BCUT2D eigenvalue weighted by Crippen LogP contribution is 2.44. The third-order valence-corrected chi connectivity index (χ3v) is 8.11. The quantitative estimate of drug-likeness (QED) is 0.486. The first-order valence-corrected chi connectivity index (χ1v) is 13.2. The van der Waals surface area contributed by atoms with E-state index in [1.807, 2.05) is 22.0 Å². The number of rotatable bonds is 4. The van der Waals surface area contributed by atoms with Crippen molar-refractivity contribution in [2.45, 2.75) is 31.6 Å². The number of likely N-dealkylation sites (tertiary alicyclic amines) is 1. The standard InChI is InChI=1S/C26H33N7O4/c27-26(36)33(32-11-13-37-14-12-32)19-5-1-4-18-20(19)24(34)21-22(29-30-23(18)21)16-6-9-31(10-7-16)25(35)17-3-2-8-28-15-17/h1,4-5,16-17,28H,2-3,6-15H2,(H2,27,36)(H,29,30). The predicted octanol–water partition coefficient (Wildman–Crippen LogP) is 1.46. The first-order valence-electron chi connectivity index (χ1n) is 13.2. The number of anilines is 1. The summed E-state index contributed by atoms with van der Waals surface area (Å²) in [6, 6.07) is 4.81. The van der Waals surface area contributed by atoms with E-state index in [2.05, 4.69) is 15.5 Å². The molecule has 11 heteroatoms. The van der Waals surface area contributed by atoms with Crippen molar-refractivity contribution in [2.75, 3.05) is 57.5 Å². The Bertz CT molecular complexity index is 1210. The molecule has 3 fully saturated rings. The van der Waals surface area contributed by atoms with E-state index in [0.29, 0.717) is 67.5 Å². The maximum absolute atomic E-state index is 13.9. The monoisotopic (exact) mass is 507 g/mol. The fourth-order valence-electron chi connectivity index (χ4n) is 6.23. The molecular formula is C26H33N7O4. The number of ether oxygens (including phenoxy) is 1. The molecule has 1 atom stereocenters. The molecule has 1 aromatic heterocycles. The second kappa shape index (κ2) is 9.88. The number of morpholine rings is 1. The third-order valence-electron chi connectivity index (χ3n) is 8.11. The summed E-state index contributed by atoms with van der Waals surface area (Å²) in [6.07, 6.45) is 3.54. The number of ketones is 1. The Labute approximate surface area is 215 Å². The number of hydrazine groups is 1. The molecule has 0 spiro atoms. The molecule has 4 aliphatic rings. The number of amides is 3. The molecule has 0 saturated carbocycles. The molecule has 37 heavy (non-hydrogen) atoms. The van der Waals surface area contributed by atoms with Gasteiger partial charge in [-0.15, -0.1) is 0 Å². The van der Waals surface area contributed by atoms with E-state index in [1.54, 1.807) is 6.07 Å². The number of nitrogens with one attached hydrogen (secondary N) is 2. The first-order chi connectivity index (χ1) is 18.0. The number of benzene rings is 1. The Hall–Kier alpha value is -3.28. The molecule has 0 bridgehead atoms. The van der Waals surface area contributed by atoms with Gasteiger partial charge in [0.1, 0.15) is 5.69 Å². The maximum atomic E-state index is 13.9. The number of urea groups is 1. The second-order valence-corrected chi connectivity index (χ2v) is 10.2. The lowest BCUT2D eigenvalue weighted by Gasteiger charge is -2.36.